The van der Waals surface area contributed by atoms with E-state index in [1.165, 1.54) is 12.8 Å². The van der Waals surface area contributed by atoms with Gasteiger partial charge in [-0.15, -0.1) is 0 Å². The molecule has 1 aliphatic rings. The molecule has 2 unspecified atom stereocenters. The summed E-state index contributed by atoms with van der Waals surface area (Å²) in [6.45, 7) is 3.50. The number of hydrogen-bond donors (Lipinski definition) is 1. The van der Waals surface area contributed by atoms with Gasteiger partial charge in [-0.25, -0.2) is 0 Å². The van der Waals surface area contributed by atoms with Crippen molar-refractivity contribution in [1.29, 1.82) is 0 Å². The summed E-state index contributed by atoms with van der Waals surface area (Å²) in [5, 5.41) is 0. The number of hydrogen-bond acceptors (Lipinski definition) is 3. The SMILES string of the molecule is CC(N)Cc1cc(Br)ccc1OCC1CCCCO1. The minimum Gasteiger partial charge on any atom is -0.491 e. The molecule has 2 rings (SSSR count). The predicted octanol–water partition coefficient (Wildman–Crippen LogP) is 3.29. The zero-order valence-electron chi connectivity index (χ0n) is 11.4. The Bertz CT molecular complexity index is 403. The van der Waals surface area contributed by atoms with Crippen LogP contribution in [0.4, 0.5) is 0 Å². The van der Waals surface area contributed by atoms with Crippen LogP contribution in [-0.4, -0.2) is 25.4 Å². The molecule has 1 saturated heterocycles. The highest BCUT2D eigenvalue weighted by molar-refractivity contribution is 9.10. The first-order chi connectivity index (χ1) is 9.15. The first-order valence-corrected chi connectivity index (χ1v) is 7.73. The van der Waals surface area contributed by atoms with Crippen LogP contribution in [0.3, 0.4) is 0 Å². The second-order valence-electron chi connectivity index (χ2n) is 5.23. The van der Waals surface area contributed by atoms with Gasteiger partial charge in [0.2, 0.25) is 0 Å². The molecule has 0 aliphatic carbocycles. The highest BCUT2D eigenvalue weighted by atomic mass is 79.9. The van der Waals surface area contributed by atoms with Crippen LogP contribution in [-0.2, 0) is 11.2 Å². The minimum absolute atomic E-state index is 0.127. The number of nitrogens with two attached hydrogens (primary N) is 1. The van der Waals surface area contributed by atoms with E-state index >= 15 is 0 Å². The number of rotatable bonds is 5. The Kier molecular flexibility index (Phi) is 5.67. The molecule has 1 aromatic carbocycles. The summed E-state index contributed by atoms with van der Waals surface area (Å²) >= 11 is 3.49. The Morgan fingerprint density at radius 2 is 2.32 bits per heavy atom. The fourth-order valence-electron chi connectivity index (χ4n) is 2.32. The Morgan fingerprint density at radius 1 is 1.47 bits per heavy atom. The fraction of sp³-hybridized carbons (Fsp3) is 0.600. The van der Waals surface area contributed by atoms with Gasteiger partial charge in [-0.3, -0.25) is 0 Å². The van der Waals surface area contributed by atoms with Crippen LogP contribution in [0.5, 0.6) is 5.75 Å². The van der Waals surface area contributed by atoms with Crippen LogP contribution in [0, 0.1) is 0 Å². The van der Waals surface area contributed by atoms with Gasteiger partial charge in [0.05, 0.1) is 6.10 Å². The second-order valence-corrected chi connectivity index (χ2v) is 6.15. The van der Waals surface area contributed by atoms with E-state index in [2.05, 4.69) is 22.0 Å². The lowest BCUT2D eigenvalue weighted by Gasteiger charge is -2.23. The van der Waals surface area contributed by atoms with Gasteiger partial charge in [-0.2, -0.15) is 0 Å². The van der Waals surface area contributed by atoms with Crippen LogP contribution in [0.2, 0.25) is 0 Å². The summed E-state index contributed by atoms with van der Waals surface area (Å²) in [5.41, 5.74) is 7.04. The molecule has 19 heavy (non-hydrogen) atoms. The van der Waals surface area contributed by atoms with Crippen molar-refractivity contribution in [2.75, 3.05) is 13.2 Å². The molecule has 0 bridgehead atoms. The van der Waals surface area contributed by atoms with Gasteiger partial charge in [-0.1, -0.05) is 15.9 Å². The van der Waals surface area contributed by atoms with Crippen LogP contribution in [0.1, 0.15) is 31.7 Å². The van der Waals surface area contributed by atoms with Gasteiger partial charge < -0.3 is 15.2 Å². The molecule has 0 spiro atoms. The third kappa shape index (κ3) is 4.79. The first-order valence-electron chi connectivity index (χ1n) is 6.93. The summed E-state index contributed by atoms with van der Waals surface area (Å²) in [6, 6.07) is 6.22. The van der Waals surface area contributed by atoms with Crippen molar-refractivity contribution in [3.8, 4) is 5.75 Å². The maximum absolute atomic E-state index is 5.93. The molecular formula is C15H22BrNO2. The summed E-state index contributed by atoms with van der Waals surface area (Å²) in [6.07, 6.45) is 4.56. The van der Waals surface area contributed by atoms with Gasteiger partial charge in [0.25, 0.3) is 0 Å². The molecule has 106 valence electrons. The third-order valence-electron chi connectivity index (χ3n) is 3.26. The van der Waals surface area contributed by atoms with Crippen molar-refractivity contribution in [3.63, 3.8) is 0 Å². The predicted molar refractivity (Wildman–Crippen MR) is 80.6 cm³/mol. The zero-order chi connectivity index (χ0) is 13.7. The summed E-state index contributed by atoms with van der Waals surface area (Å²) in [5.74, 6) is 0.926. The molecule has 3 nitrogen and oxygen atoms in total. The van der Waals surface area contributed by atoms with E-state index in [1.807, 2.05) is 19.1 Å². The van der Waals surface area contributed by atoms with E-state index in [4.69, 9.17) is 15.2 Å². The van der Waals surface area contributed by atoms with Crippen molar-refractivity contribution in [3.05, 3.63) is 28.2 Å². The number of halogens is 1. The lowest BCUT2D eigenvalue weighted by atomic mass is 10.1. The molecule has 2 atom stereocenters. The number of ether oxygens (including phenoxy) is 2. The largest absolute Gasteiger partial charge is 0.491 e. The lowest BCUT2D eigenvalue weighted by molar-refractivity contribution is -0.0112. The average Bonchev–Trinajstić information content (AvgIpc) is 2.38. The third-order valence-corrected chi connectivity index (χ3v) is 3.76. The standard InChI is InChI=1S/C15H22BrNO2/c1-11(17)8-12-9-13(16)5-6-15(12)19-10-14-4-2-3-7-18-14/h5-6,9,11,14H,2-4,7-8,10,17H2,1H3. The topological polar surface area (TPSA) is 44.5 Å². The molecule has 0 aromatic heterocycles. The lowest BCUT2D eigenvalue weighted by Crippen LogP contribution is -2.26. The molecule has 2 N–H and O–H groups in total. The first kappa shape index (κ1) is 14.8. The van der Waals surface area contributed by atoms with Crippen molar-refractivity contribution in [2.24, 2.45) is 5.73 Å². The van der Waals surface area contributed by atoms with Crippen molar-refractivity contribution in [1.82, 2.24) is 0 Å². The van der Waals surface area contributed by atoms with E-state index in [1.54, 1.807) is 0 Å². The second kappa shape index (κ2) is 7.27. The smallest absolute Gasteiger partial charge is 0.122 e. The molecule has 0 saturated carbocycles. The average molecular weight is 328 g/mol. The summed E-state index contributed by atoms with van der Waals surface area (Å²) < 4.78 is 12.7. The Hall–Kier alpha value is -0.580. The highest BCUT2D eigenvalue weighted by Crippen LogP contribution is 2.25. The highest BCUT2D eigenvalue weighted by Gasteiger charge is 2.15. The van der Waals surface area contributed by atoms with E-state index in [9.17, 15) is 0 Å². The Balaban J connectivity index is 1.97. The maximum Gasteiger partial charge on any atom is 0.122 e. The molecule has 0 radical (unpaired) electrons. The summed E-state index contributed by atoms with van der Waals surface area (Å²) in [7, 11) is 0. The molecule has 4 heteroatoms. The van der Waals surface area contributed by atoms with Gasteiger partial charge >= 0.3 is 0 Å². The van der Waals surface area contributed by atoms with Crippen molar-refractivity contribution < 1.29 is 9.47 Å². The van der Waals surface area contributed by atoms with Gasteiger partial charge in [0.15, 0.2) is 0 Å². The molecule has 0 amide bonds. The zero-order valence-corrected chi connectivity index (χ0v) is 13.0. The van der Waals surface area contributed by atoms with E-state index < -0.39 is 0 Å². The van der Waals surface area contributed by atoms with E-state index in [0.717, 1.165) is 35.2 Å². The maximum atomic E-state index is 5.93. The van der Waals surface area contributed by atoms with Crippen molar-refractivity contribution in [2.45, 2.75) is 44.8 Å². The Labute approximate surface area is 123 Å². The van der Waals surface area contributed by atoms with Crippen LogP contribution < -0.4 is 10.5 Å². The molecule has 1 heterocycles. The van der Waals surface area contributed by atoms with E-state index in [-0.39, 0.29) is 12.1 Å². The molecule has 1 fully saturated rings. The fourth-order valence-corrected chi connectivity index (χ4v) is 2.73. The van der Waals surface area contributed by atoms with Crippen LogP contribution in [0.25, 0.3) is 0 Å². The van der Waals surface area contributed by atoms with Crippen molar-refractivity contribution >= 4 is 15.9 Å². The van der Waals surface area contributed by atoms with Gasteiger partial charge in [0.1, 0.15) is 12.4 Å². The van der Waals surface area contributed by atoms with Gasteiger partial charge in [-0.05, 0) is 56.4 Å². The van der Waals surface area contributed by atoms with E-state index in [0.29, 0.717) is 6.61 Å². The minimum atomic E-state index is 0.127. The number of benzene rings is 1. The van der Waals surface area contributed by atoms with Gasteiger partial charge in [0, 0.05) is 17.1 Å². The quantitative estimate of drug-likeness (QED) is 0.902. The molecule has 1 aromatic rings. The Morgan fingerprint density at radius 3 is 3.00 bits per heavy atom. The summed E-state index contributed by atoms with van der Waals surface area (Å²) in [4.78, 5) is 0. The molecule has 1 aliphatic heterocycles. The molecular weight excluding hydrogens is 306 g/mol. The normalized spacial score (nSPS) is 21.1. The van der Waals surface area contributed by atoms with Crippen LogP contribution >= 0.6 is 15.9 Å². The van der Waals surface area contributed by atoms with Crippen LogP contribution in [0.15, 0.2) is 22.7 Å². The monoisotopic (exact) mass is 327 g/mol.